The molecule has 6 heteroatoms. The molecule has 0 aromatic carbocycles. The van der Waals surface area contributed by atoms with Crippen molar-refractivity contribution in [2.24, 2.45) is 17.8 Å². The number of hydrogen-bond donors (Lipinski definition) is 0. The van der Waals surface area contributed by atoms with E-state index in [-0.39, 0.29) is 54.8 Å². The zero-order chi connectivity index (χ0) is 18.2. The van der Waals surface area contributed by atoms with Gasteiger partial charge in [-0.25, -0.2) is 0 Å². The third kappa shape index (κ3) is 6.10. The number of ether oxygens (including phenoxy) is 3. The maximum absolute atomic E-state index is 12.0. The summed E-state index contributed by atoms with van der Waals surface area (Å²) >= 11 is 0. The minimum atomic E-state index is -0.237. The Kier molecular flexibility index (Phi) is 7.88. The number of hydrogen-bond acceptors (Lipinski definition) is 6. The molecule has 6 nitrogen and oxygen atoms in total. The van der Waals surface area contributed by atoms with Crippen LogP contribution in [0.15, 0.2) is 0 Å². The molecular weight excluding hydrogens is 324 g/mol. The summed E-state index contributed by atoms with van der Waals surface area (Å²) in [5.41, 5.74) is 0. The predicted octanol–water partition coefficient (Wildman–Crippen LogP) is 2.67. The zero-order valence-electron chi connectivity index (χ0n) is 15.3. The summed E-state index contributed by atoms with van der Waals surface area (Å²) in [5, 5.41) is 0. The van der Waals surface area contributed by atoms with Crippen molar-refractivity contribution in [3.05, 3.63) is 0 Å². The first-order chi connectivity index (χ1) is 12.0. The van der Waals surface area contributed by atoms with Crippen LogP contribution in [0, 0.1) is 17.8 Å². The van der Waals surface area contributed by atoms with Gasteiger partial charge in [-0.2, -0.15) is 0 Å². The van der Waals surface area contributed by atoms with Crippen LogP contribution in [-0.4, -0.2) is 44.1 Å². The van der Waals surface area contributed by atoms with Gasteiger partial charge in [-0.1, -0.05) is 0 Å². The molecule has 0 spiro atoms. The molecule has 0 amide bonds. The minimum Gasteiger partial charge on any atom is -0.462 e. The SMILES string of the molecule is COC1CCC(C(=O)OCCOC(=O)C2CCC(C(C)=O)CC2)CC1. The van der Waals surface area contributed by atoms with Crippen LogP contribution >= 0.6 is 0 Å². The van der Waals surface area contributed by atoms with E-state index in [0.717, 1.165) is 38.5 Å². The molecule has 0 aromatic rings. The van der Waals surface area contributed by atoms with Crippen LogP contribution in [0.1, 0.15) is 58.3 Å². The quantitative estimate of drug-likeness (QED) is 0.517. The molecule has 0 aromatic heterocycles. The summed E-state index contributed by atoms with van der Waals surface area (Å²) in [4.78, 5) is 35.4. The van der Waals surface area contributed by atoms with Crippen molar-refractivity contribution >= 4 is 17.7 Å². The molecule has 2 rings (SSSR count). The van der Waals surface area contributed by atoms with E-state index >= 15 is 0 Å². The molecule has 0 aliphatic heterocycles. The van der Waals surface area contributed by atoms with Crippen LogP contribution < -0.4 is 0 Å². The van der Waals surface area contributed by atoms with Gasteiger partial charge in [-0.05, 0) is 58.3 Å². The van der Waals surface area contributed by atoms with Crippen molar-refractivity contribution in [2.45, 2.75) is 64.4 Å². The third-order valence-corrected chi connectivity index (χ3v) is 5.55. The predicted molar refractivity (Wildman–Crippen MR) is 90.8 cm³/mol. The number of rotatable bonds is 7. The van der Waals surface area contributed by atoms with Gasteiger partial charge in [0.2, 0.25) is 0 Å². The molecule has 0 radical (unpaired) electrons. The van der Waals surface area contributed by atoms with Crippen LogP contribution in [0.5, 0.6) is 0 Å². The Hall–Kier alpha value is -1.43. The molecule has 0 bridgehead atoms. The number of methoxy groups -OCH3 is 1. The minimum absolute atomic E-state index is 0.0658. The molecule has 0 N–H and O–H groups in total. The van der Waals surface area contributed by atoms with Gasteiger partial charge in [-0.15, -0.1) is 0 Å². The molecule has 0 unspecified atom stereocenters. The fraction of sp³-hybridized carbons (Fsp3) is 0.842. The second-order valence-electron chi connectivity index (χ2n) is 7.20. The van der Waals surface area contributed by atoms with Gasteiger partial charge in [0.25, 0.3) is 0 Å². The number of carbonyl (C=O) groups excluding carboxylic acids is 3. The second kappa shape index (κ2) is 9.90. The second-order valence-corrected chi connectivity index (χ2v) is 7.20. The Labute approximate surface area is 149 Å². The molecule has 25 heavy (non-hydrogen) atoms. The van der Waals surface area contributed by atoms with E-state index in [9.17, 15) is 14.4 Å². The fourth-order valence-corrected chi connectivity index (χ4v) is 3.79. The van der Waals surface area contributed by atoms with E-state index in [1.54, 1.807) is 14.0 Å². The molecule has 2 saturated carbocycles. The maximum atomic E-state index is 12.0. The Morgan fingerprint density at radius 1 is 0.720 bits per heavy atom. The summed E-state index contributed by atoms with van der Waals surface area (Å²) < 4.78 is 15.8. The van der Waals surface area contributed by atoms with Crippen molar-refractivity contribution in [1.82, 2.24) is 0 Å². The lowest BCUT2D eigenvalue weighted by Gasteiger charge is -2.26. The molecule has 0 atom stereocenters. The van der Waals surface area contributed by atoms with E-state index in [4.69, 9.17) is 14.2 Å². The maximum Gasteiger partial charge on any atom is 0.309 e. The van der Waals surface area contributed by atoms with Gasteiger partial charge in [0.1, 0.15) is 19.0 Å². The van der Waals surface area contributed by atoms with Crippen LogP contribution in [-0.2, 0) is 28.6 Å². The van der Waals surface area contributed by atoms with Crippen molar-refractivity contribution < 1.29 is 28.6 Å². The highest BCUT2D eigenvalue weighted by molar-refractivity contribution is 5.79. The largest absolute Gasteiger partial charge is 0.462 e. The topological polar surface area (TPSA) is 78.9 Å². The first kappa shape index (κ1) is 19.9. The van der Waals surface area contributed by atoms with E-state index in [0.29, 0.717) is 12.8 Å². The highest BCUT2D eigenvalue weighted by Crippen LogP contribution is 2.30. The molecule has 0 heterocycles. The standard InChI is InChI=1S/C19H30O6/c1-13(20)14-3-5-15(6-4-14)18(21)24-11-12-25-19(22)16-7-9-17(23-2)10-8-16/h14-17H,3-12H2,1-2H3. The number of carbonyl (C=O) groups is 3. The smallest absolute Gasteiger partial charge is 0.309 e. The Morgan fingerprint density at radius 3 is 1.52 bits per heavy atom. The lowest BCUT2D eigenvalue weighted by molar-refractivity contribution is -0.159. The van der Waals surface area contributed by atoms with E-state index < -0.39 is 0 Å². The average molecular weight is 354 g/mol. The van der Waals surface area contributed by atoms with Crippen molar-refractivity contribution in [3.8, 4) is 0 Å². The highest BCUT2D eigenvalue weighted by atomic mass is 16.6. The monoisotopic (exact) mass is 354 g/mol. The van der Waals surface area contributed by atoms with Crippen molar-refractivity contribution in [2.75, 3.05) is 20.3 Å². The number of Topliss-reactive ketones (excluding diaryl/α,β-unsaturated/α-hetero) is 1. The van der Waals surface area contributed by atoms with Crippen LogP contribution in [0.4, 0.5) is 0 Å². The van der Waals surface area contributed by atoms with Gasteiger partial charge < -0.3 is 14.2 Å². The highest BCUT2D eigenvalue weighted by Gasteiger charge is 2.30. The molecule has 2 fully saturated rings. The average Bonchev–Trinajstić information content (AvgIpc) is 2.65. The third-order valence-electron chi connectivity index (χ3n) is 5.55. The lowest BCUT2D eigenvalue weighted by atomic mass is 9.80. The summed E-state index contributed by atoms with van der Waals surface area (Å²) in [6.07, 6.45) is 6.51. The number of esters is 2. The summed E-state index contributed by atoms with van der Waals surface area (Å²) in [5.74, 6) is -0.331. The van der Waals surface area contributed by atoms with E-state index in [1.807, 2.05) is 0 Å². The molecule has 2 aliphatic rings. The Morgan fingerprint density at radius 2 is 1.12 bits per heavy atom. The van der Waals surface area contributed by atoms with Gasteiger partial charge in [-0.3, -0.25) is 14.4 Å². The summed E-state index contributed by atoms with van der Waals surface area (Å²) in [7, 11) is 1.70. The zero-order valence-corrected chi connectivity index (χ0v) is 15.3. The lowest BCUT2D eigenvalue weighted by Crippen LogP contribution is -2.29. The summed E-state index contributed by atoms with van der Waals surface area (Å²) in [6.45, 7) is 1.82. The summed E-state index contributed by atoms with van der Waals surface area (Å²) in [6, 6.07) is 0. The fourth-order valence-electron chi connectivity index (χ4n) is 3.79. The molecule has 0 saturated heterocycles. The Bertz CT molecular complexity index is 459. The van der Waals surface area contributed by atoms with Gasteiger partial charge in [0.15, 0.2) is 0 Å². The van der Waals surface area contributed by atoms with Crippen LogP contribution in [0.25, 0.3) is 0 Å². The normalized spacial score (nSPS) is 29.7. The number of ketones is 1. The van der Waals surface area contributed by atoms with Crippen molar-refractivity contribution in [3.63, 3.8) is 0 Å². The molecule has 142 valence electrons. The molecular formula is C19H30O6. The first-order valence-corrected chi connectivity index (χ1v) is 9.37. The Balaban J connectivity index is 1.57. The van der Waals surface area contributed by atoms with Crippen LogP contribution in [0.2, 0.25) is 0 Å². The first-order valence-electron chi connectivity index (χ1n) is 9.37. The van der Waals surface area contributed by atoms with Crippen molar-refractivity contribution in [1.29, 1.82) is 0 Å². The van der Waals surface area contributed by atoms with Gasteiger partial charge >= 0.3 is 11.9 Å². The van der Waals surface area contributed by atoms with Gasteiger partial charge in [0, 0.05) is 13.0 Å². The van der Waals surface area contributed by atoms with E-state index in [1.165, 1.54) is 0 Å². The van der Waals surface area contributed by atoms with E-state index in [2.05, 4.69) is 0 Å². The van der Waals surface area contributed by atoms with Gasteiger partial charge in [0.05, 0.1) is 17.9 Å². The van der Waals surface area contributed by atoms with Crippen LogP contribution in [0.3, 0.4) is 0 Å². The molecule has 2 aliphatic carbocycles.